The van der Waals surface area contributed by atoms with Crippen molar-refractivity contribution in [3.63, 3.8) is 0 Å². The van der Waals surface area contributed by atoms with Gasteiger partial charge in [0.2, 0.25) is 0 Å². The summed E-state index contributed by atoms with van der Waals surface area (Å²) in [5, 5.41) is 18.3. The Morgan fingerprint density at radius 2 is 2.04 bits per heavy atom. The van der Waals surface area contributed by atoms with Crippen LogP contribution in [-0.4, -0.2) is 42.7 Å². The summed E-state index contributed by atoms with van der Waals surface area (Å²) in [6, 6.07) is 9.85. The van der Waals surface area contributed by atoms with Crippen LogP contribution in [-0.2, 0) is 0 Å². The van der Waals surface area contributed by atoms with Crippen molar-refractivity contribution in [1.82, 2.24) is 10.6 Å². The zero-order valence-electron chi connectivity index (χ0n) is 13.4. The summed E-state index contributed by atoms with van der Waals surface area (Å²) < 4.78 is 5.03. The van der Waals surface area contributed by atoms with Gasteiger partial charge in [-0.1, -0.05) is 6.07 Å². The van der Waals surface area contributed by atoms with Crippen molar-refractivity contribution in [2.75, 3.05) is 25.0 Å². The van der Waals surface area contributed by atoms with Crippen molar-refractivity contribution >= 4 is 29.9 Å². The van der Waals surface area contributed by atoms with Crippen LogP contribution >= 0.6 is 12.4 Å². The first-order valence-corrected chi connectivity index (χ1v) is 7.75. The van der Waals surface area contributed by atoms with E-state index in [1.807, 2.05) is 0 Å². The molecule has 2 atom stereocenters. The van der Waals surface area contributed by atoms with E-state index in [2.05, 4.69) is 16.0 Å². The minimum atomic E-state index is -0.441. The molecular weight excluding hydrogens is 346 g/mol. The van der Waals surface area contributed by atoms with Crippen LogP contribution in [0, 0.1) is 5.92 Å². The van der Waals surface area contributed by atoms with E-state index in [1.54, 1.807) is 36.4 Å². The number of aliphatic hydroxyl groups excluding tert-OH is 1. The third-order valence-electron chi connectivity index (χ3n) is 3.96. The molecule has 4 N–H and O–H groups in total. The van der Waals surface area contributed by atoms with Gasteiger partial charge in [0.1, 0.15) is 0 Å². The van der Waals surface area contributed by atoms with Gasteiger partial charge in [0.25, 0.3) is 11.8 Å². The maximum absolute atomic E-state index is 12.2. The smallest absolute Gasteiger partial charge is 0.291 e. The van der Waals surface area contributed by atoms with E-state index >= 15 is 0 Å². The Balaban J connectivity index is 0.00000225. The van der Waals surface area contributed by atoms with Gasteiger partial charge in [-0.3, -0.25) is 9.59 Å². The molecule has 2 amide bonds. The highest BCUT2D eigenvalue weighted by Crippen LogP contribution is 2.13. The van der Waals surface area contributed by atoms with Gasteiger partial charge in [0.05, 0.1) is 12.4 Å². The van der Waals surface area contributed by atoms with Gasteiger partial charge in [0.15, 0.2) is 5.76 Å². The highest BCUT2D eigenvalue weighted by atomic mass is 35.5. The molecule has 1 saturated heterocycles. The second kappa shape index (κ2) is 8.66. The van der Waals surface area contributed by atoms with Gasteiger partial charge >= 0.3 is 0 Å². The Morgan fingerprint density at radius 1 is 1.20 bits per heavy atom. The van der Waals surface area contributed by atoms with E-state index in [1.165, 1.54) is 6.26 Å². The average Bonchev–Trinajstić information content (AvgIpc) is 3.24. The van der Waals surface area contributed by atoms with Gasteiger partial charge in [-0.2, -0.15) is 0 Å². The first-order valence-electron chi connectivity index (χ1n) is 7.75. The number of hydrogen-bond acceptors (Lipinski definition) is 5. The molecular formula is C17H20ClN3O4. The molecule has 1 aromatic heterocycles. The summed E-state index contributed by atoms with van der Waals surface area (Å²) in [4.78, 5) is 24.2. The van der Waals surface area contributed by atoms with Crippen LogP contribution in [0.1, 0.15) is 20.9 Å². The highest BCUT2D eigenvalue weighted by molar-refractivity contribution is 6.03. The minimum absolute atomic E-state index is 0. The number of benzene rings is 1. The van der Waals surface area contributed by atoms with Crippen molar-refractivity contribution in [1.29, 1.82) is 0 Å². The van der Waals surface area contributed by atoms with E-state index in [4.69, 9.17) is 4.42 Å². The summed E-state index contributed by atoms with van der Waals surface area (Å²) in [6.45, 7) is 1.63. The molecule has 0 saturated carbocycles. The Kier molecular flexibility index (Phi) is 6.58. The zero-order valence-corrected chi connectivity index (χ0v) is 14.2. The lowest BCUT2D eigenvalue weighted by atomic mass is 10.1. The Hall–Kier alpha value is -2.35. The molecule has 1 aliphatic rings. The predicted octanol–water partition coefficient (Wildman–Crippen LogP) is 1.26. The number of β-amino-alcohol motifs (C(OH)–C–C–N with tert-alkyl or cyclic N) is 1. The number of anilines is 1. The monoisotopic (exact) mass is 365 g/mol. The van der Waals surface area contributed by atoms with E-state index in [9.17, 15) is 14.7 Å². The third-order valence-corrected chi connectivity index (χ3v) is 3.96. The van der Waals surface area contributed by atoms with Crippen LogP contribution in [0.3, 0.4) is 0 Å². The van der Waals surface area contributed by atoms with Gasteiger partial charge < -0.3 is 25.5 Å². The first kappa shape index (κ1) is 19.0. The zero-order chi connectivity index (χ0) is 16.9. The number of carbonyl (C=O) groups is 2. The predicted molar refractivity (Wildman–Crippen MR) is 95.1 cm³/mol. The van der Waals surface area contributed by atoms with Crippen LogP contribution in [0.25, 0.3) is 0 Å². The second-order valence-corrected chi connectivity index (χ2v) is 5.71. The third kappa shape index (κ3) is 4.82. The van der Waals surface area contributed by atoms with Crippen LogP contribution in [0.4, 0.5) is 5.69 Å². The van der Waals surface area contributed by atoms with E-state index in [0.29, 0.717) is 30.9 Å². The second-order valence-electron chi connectivity index (χ2n) is 5.71. The molecule has 2 unspecified atom stereocenters. The normalized spacial score (nSPS) is 19.1. The van der Waals surface area contributed by atoms with Crippen molar-refractivity contribution < 1.29 is 19.1 Å². The molecule has 3 rings (SSSR count). The summed E-state index contributed by atoms with van der Waals surface area (Å²) in [5.74, 6) is -0.413. The molecule has 7 nitrogen and oxygen atoms in total. The number of rotatable bonds is 5. The maximum Gasteiger partial charge on any atom is 0.291 e. The maximum atomic E-state index is 12.2. The lowest BCUT2D eigenvalue weighted by molar-refractivity contribution is 0.0925. The number of halogens is 1. The molecule has 134 valence electrons. The Morgan fingerprint density at radius 3 is 2.72 bits per heavy atom. The number of amides is 2. The molecule has 2 aromatic rings. The number of furan rings is 1. The fraction of sp³-hybridized carbons (Fsp3) is 0.294. The molecule has 0 bridgehead atoms. The Bertz CT molecular complexity index is 720. The Labute approximate surface area is 151 Å². The van der Waals surface area contributed by atoms with Gasteiger partial charge in [-0.25, -0.2) is 0 Å². The van der Waals surface area contributed by atoms with Crippen molar-refractivity contribution in [2.24, 2.45) is 5.92 Å². The average molecular weight is 366 g/mol. The molecule has 0 radical (unpaired) electrons. The summed E-state index contributed by atoms with van der Waals surface area (Å²) in [5.41, 5.74) is 0.944. The molecule has 25 heavy (non-hydrogen) atoms. The van der Waals surface area contributed by atoms with Crippen molar-refractivity contribution in [3.8, 4) is 0 Å². The fourth-order valence-corrected chi connectivity index (χ4v) is 2.59. The standard InChI is InChI=1S/C17H19N3O4.ClH/c21-14-10-18-8-12(14)9-19-16(22)11-3-1-4-13(7-11)20-17(23)15-5-2-6-24-15;/h1-7,12,14,18,21H,8-10H2,(H,19,22)(H,20,23);1H. The quantitative estimate of drug-likeness (QED) is 0.638. The largest absolute Gasteiger partial charge is 0.459 e. The number of aliphatic hydroxyl groups is 1. The van der Waals surface area contributed by atoms with Gasteiger partial charge in [0, 0.05) is 36.8 Å². The van der Waals surface area contributed by atoms with Crippen LogP contribution < -0.4 is 16.0 Å². The number of nitrogens with one attached hydrogen (secondary N) is 3. The fourth-order valence-electron chi connectivity index (χ4n) is 2.59. The molecule has 2 heterocycles. The van der Waals surface area contributed by atoms with Crippen molar-refractivity contribution in [3.05, 3.63) is 54.0 Å². The molecule has 0 aliphatic carbocycles. The molecule has 0 spiro atoms. The highest BCUT2D eigenvalue weighted by Gasteiger charge is 2.25. The first-order chi connectivity index (χ1) is 11.6. The van der Waals surface area contributed by atoms with Gasteiger partial charge in [-0.15, -0.1) is 12.4 Å². The van der Waals surface area contributed by atoms with E-state index in [0.717, 1.165) is 0 Å². The van der Waals surface area contributed by atoms with E-state index in [-0.39, 0.29) is 35.9 Å². The topological polar surface area (TPSA) is 104 Å². The SMILES string of the molecule is Cl.O=C(NCC1CNCC1O)c1cccc(NC(=O)c2ccco2)c1. The molecule has 1 aromatic carbocycles. The van der Waals surface area contributed by atoms with E-state index < -0.39 is 6.10 Å². The van der Waals surface area contributed by atoms with Gasteiger partial charge in [-0.05, 0) is 30.3 Å². The summed E-state index contributed by atoms with van der Waals surface area (Å²) in [6.07, 6.45) is 0.981. The van der Waals surface area contributed by atoms with Crippen LogP contribution in [0.5, 0.6) is 0 Å². The number of hydrogen-bond donors (Lipinski definition) is 4. The lowest BCUT2D eigenvalue weighted by Gasteiger charge is -2.14. The van der Waals surface area contributed by atoms with Crippen LogP contribution in [0.2, 0.25) is 0 Å². The molecule has 1 aliphatic heterocycles. The van der Waals surface area contributed by atoms with Crippen LogP contribution in [0.15, 0.2) is 47.1 Å². The molecule has 1 fully saturated rings. The molecule has 8 heteroatoms. The summed E-state index contributed by atoms with van der Waals surface area (Å²) in [7, 11) is 0. The van der Waals surface area contributed by atoms with Crippen molar-refractivity contribution in [2.45, 2.75) is 6.10 Å². The minimum Gasteiger partial charge on any atom is -0.459 e. The summed E-state index contributed by atoms with van der Waals surface area (Å²) >= 11 is 0. The lowest BCUT2D eigenvalue weighted by Crippen LogP contribution is -2.34. The number of carbonyl (C=O) groups excluding carboxylic acids is 2.